The summed E-state index contributed by atoms with van der Waals surface area (Å²) in [6.45, 7) is 2.35. The summed E-state index contributed by atoms with van der Waals surface area (Å²) < 4.78 is 0. The average molecular weight is 300 g/mol. The van der Waals surface area contributed by atoms with Crippen LogP contribution in [0.5, 0.6) is 0 Å². The van der Waals surface area contributed by atoms with E-state index in [1.165, 1.54) is 12.2 Å². The maximum Gasteiger partial charge on any atom is 0.307 e. The van der Waals surface area contributed by atoms with Gasteiger partial charge in [0, 0.05) is 28.9 Å². The number of carbonyl (C=O) groups excluding carboxylic acids is 2. The van der Waals surface area contributed by atoms with E-state index in [1.807, 2.05) is 4.90 Å². The summed E-state index contributed by atoms with van der Waals surface area (Å²) in [7, 11) is 0. The molecule has 0 aromatic rings. The van der Waals surface area contributed by atoms with Crippen molar-refractivity contribution in [1.82, 2.24) is 10.2 Å². The third-order valence-corrected chi connectivity index (χ3v) is 3.39. The van der Waals surface area contributed by atoms with Crippen LogP contribution in [0.3, 0.4) is 0 Å². The van der Waals surface area contributed by atoms with Crippen molar-refractivity contribution in [3.8, 4) is 0 Å². The van der Waals surface area contributed by atoms with Gasteiger partial charge in [0.15, 0.2) is 0 Å². The van der Waals surface area contributed by atoms with Gasteiger partial charge in [0.2, 0.25) is 11.8 Å². The van der Waals surface area contributed by atoms with Crippen molar-refractivity contribution in [3.63, 3.8) is 0 Å². The van der Waals surface area contributed by atoms with Gasteiger partial charge in [-0.25, -0.2) is 0 Å². The molecule has 0 aromatic carbocycles. The number of rotatable bonds is 10. The van der Waals surface area contributed by atoms with Crippen LogP contribution in [0.2, 0.25) is 0 Å². The topological polar surface area (TPSA) is 86.7 Å². The van der Waals surface area contributed by atoms with Crippen LogP contribution in [0, 0.1) is 0 Å². The molecule has 1 saturated heterocycles. The fourth-order valence-corrected chi connectivity index (χ4v) is 2.26. The molecule has 1 rings (SSSR count). The Morgan fingerprint density at radius 2 is 2.05 bits per heavy atom. The summed E-state index contributed by atoms with van der Waals surface area (Å²) in [4.78, 5) is 34.8. The number of aliphatic carboxylic acids is 1. The van der Waals surface area contributed by atoms with Crippen LogP contribution in [0.4, 0.5) is 0 Å². The molecular weight excluding hydrogens is 272 g/mol. The lowest BCUT2D eigenvalue weighted by atomic mass is 10.2. The molecule has 0 unspecified atom stereocenters. The molecule has 0 atom stereocenters. The second-order valence-corrected chi connectivity index (χ2v) is 5.19. The second kappa shape index (κ2) is 9.96. The highest BCUT2D eigenvalue weighted by atomic mass is 16.4. The summed E-state index contributed by atoms with van der Waals surface area (Å²) in [6, 6.07) is 0. The highest BCUT2D eigenvalue weighted by Crippen LogP contribution is 2.11. The number of carboxylic acid groups (broad SMARTS) is 1. The number of nitrogens with one attached hydrogen (secondary N) is 1. The average Bonchev–Trinajstić information content (AvgIpc) is 2.83. The molecule has 2 N–H and O–H groups in total. The van der Waals surface area contributed by atoms with Crippen LogP contribution in [0.1, 0.15) is 47.8 Å². The lowest BCUT2D eigenvalue weighted by molar-refractivity contribution is -0.136. The number of carbonyl (C=O) groups is 3. The van der Waals surface area contributed by atoms with Gasteiger partial charge in [-0.2, -0.15) is 0 Å². The van der Waals surface area contributed by atoms with Crippen molar-refractivity contribution in [3.05, 3.63) is 12.2 Å². The number of unbranched alkanes of at least 4 members (excludes halogenated alkanes) is 3. The predicted octanol–water partition coefficient (Wildman–Crippen LogP) is 1.81. The Morgan fingerprint density at radius 3 is 2.71 bits per heavy atom. The maximum absolute atomic E-state index is 11.4. The Kier molecular flexibility index (Phi) is 8.16. The third-order valence-electron chi connectivity index (χ3n) is 3.39. The number of nitrogens with zero attached hydrogens (tertiary/aromatic N) is 1. The Labute approximate surface area is 128 Å². The highest BCUT2D eigenvalue weighted by Gasteiger charge is 2.18. The molecule has 1 aliphatic rings. The number of amides is 2. The minimum atomic E-state index is -0.949. The summed E-state index contributed by atoms with van der Waals surface area (Å²) in [5.41, 5.74) is 0. The van der Waals surface area contributed by atoms with Gasteiger partial charge in [0.25, 0.3) is 0 Å². The predicted molar refractivity (Wildman–Crippen MR) is 82.9 cm³/mol. The smallest absolute Gasteiger partial charge is 0.307 e. The zero-order valence-corrected chi connectivity index (χ0v) is 12.3. The van der Waals surface area contributed by atoms with Crippen molar-refractivity contribution in [2.24, 2.45) is 0 Å². The number of hydrogen-bond acceptors (Lipinski definition) is 3. The van der Waals surface area contributed by atoms with Crippen molar-refractivity contribution in [1.29, 1.82) is 0 Å². The quantitative estimate of drug-likeness (QED) is 0.476. The highest BCUT2D eigenvalue weighted by molar-refractivity contribution is 5.88. The van der Waals surface area contributed by atoms with Gasteiger partial charge >= 0.3 is 5.97 Å². The molecular formula is C15H28N2O4. The van der Waals surface area contributed by atoms with Gasteiger partial charge in [-0.1, -0.05) is 18.9 Å². The molecule has 2 amide bonds. The Bertz CT molecular complexity index is 403. The summed E-state index contributed by atoms with van der Waals surface area (Å²) >= 11 is 0. The zero-order chi connectivity index (χ0) is 15.5. The van der Waals surface area contributed by atoms with E-state index in [0.29, 0.717) is 13.0 Å². The van der Waals surface area contributed by atoms with Gasteiger partial charge in [-0.3, -0.25) is 14.4 Å². The number of hydrogen-bond donors (Lipinski definition) is 2. The van der Waals surface area contributed by atoms with Crippen LogP contribution >= 0.6 is 0 Å². The number of likely N-dealkylation sites (tertiary alicyclic amines) is 1. The molecule has 0 radical (unpaired) electrons. The lowest BCUT2D eigenvalue weighted by Gasteiger charge is -2.14. The van der Waals surface area contributed by atoms with Gasteiger partial charge in [-0.05, 0) is 25.3 Å². The van der Waals surface area contributed by atoms with E-state index in [-0.39, 0.29) is 21.1 Å². The molecule has 122 valence electrons. The normalized spacial score (nSPS) is 14.9. The molecule has 21 heavy (non-hydrogen) atoms. The van der Waals surface area contributed by atoms with Gasteiger partial charge in [0.1, 0.15) is 0 Å². The van der Waals surface area contributed by atoms with Gasteiger partial charge in [-0.15, -0.1) is 0 Å². The molecule has 1 fully saturated rings. The first kappa shape index (κ1) is 17.2. The number of carboxylic acids is 1. The fraction of sp³-hybridized carbons (Fsp3) is 0.667. The van der Waals surface area contributed by atoms with Gasteiger partial charge < -0.3 is 15.3 Å². The van der Waals surface area contributed by atoms with Crippen LogP contribution in [-0.4, -0.2) is 47.4 Å². The van der Waals surface area contributed by atoms with Crippen LogP contribution < -0.4 is 5.32 Å². The molecule has 0 spiro atoms. The fourth-order valence-electron chi connectivity index (χ4n) is 2.26. The lowest BCUT2D eigenvalue weighted by Crippen LogP contribution is -2.25. The van der Waals surface area contributed by atoms with E-state index in [2.05, 4.69) is 5.32 Å². The Balaban J connectivity index is 0. The molecule has 6 heteroatoms. The van der Waals surface area contributed by atoms with E-state index >= 15 is 0 Å². The SMILES string of the molecule is O=C(O)C/C=C\C(=O)NCCCCCCN1CCCC1=O.[HH].[HH]. The van der Waals surface area contributed by atoms with Crippen LogP contribution in [0.15, 0.2) is 12.2 Å². The zero-order valence-electron chi connectivity index (χ0n) is 12.3. The standard InChI is InChI=1S/C15H24N2O4.2H2/c18-13(7-5-9-15(20)21)16-10-3-1-2-4-11-17-12-6-8-14(17)19;;/h5,7H,1-4,6,8-12H2,(H,16,18)(H,20,21);2*1H/b7-5-;;. The van der Waals surface area contributed by atoms with Crippen molar-refractivity contribution in [2.75, 3.05) is 19.6 Å². The first-order chi connectivity index (χ1) is 10.1. The first-order valence-corrected chi connectivity index (χ1v) is 7.53. The minimum Gasteiger partial charge on any atom is -0.481 e. The minimum absolute atomic E-state index is 0. The summed E-state index contributed by atoms with van der Waals surface area (Å²) in [5, 5.41) is 11.1. The summed E-state index contributed by atoms with van der Waals surface area (Å²) in [5.74, 6) is -0.926. The van der Waals surface area contributed by atoms with E-state index in [9.17, 15) is 14.4 Å². The van der Waals surface area contributed by atoms with E-state index in [0.717, 1.165) is 45.2 Å². The first-order valence-electron chi connectivity index (χ1n) is 7.53. The molecule has 0 aromatic heterocycles. The summed E-state index contributed by atoms with van der Waals surface area (Å²) in [6.07, 6.45) is 8.11. The Hall–Kier alpha value is -1.85. The van der Waals surface area contributed by atoms with E-state index in [4.69, 9.17) is 5.11 Å². The largest absolute Gasteiger partial charge is 0.481 e. The molecule has 1 aliphatic heterocycles. The van der Waals surface area contributed by atoms with Crippen LogP contribution in [-0.2, 0) is 14.4 Å². The molecule has 0 saturated carbocycles. The van der Waals surface area contributed by atoms with Crippen LogP contribution in [0.25, 0.3) is 0 Å². The third kappa shape index (κ3) is 8.12. The molecule has 6 nitrogen and oxygen atoms in total. The van der Waals surface area contributed by atoms with E-state index < -0.39 is 5.97 Å². The van der Waals surface area contributed by atoms with Crippen molar-refractivity contribution < 1.29 is 22.3 Å². The second-order valence-electron chi connectivity index (χ2n) is 5.19. The van der Waals surface area contributed by atoms with Gasteiger partial charge in [0.05, 0.1) is 6.42 Å². The molecule has 1 heterocycles. The molecule has 0 aliphatic carbocycles. The van der Waals surface area contributed by atoms with Crippen molar-refractivity contribution in [2.45, 2.75) is 44.9 Å². The maximum atomic E-state index is 11.4. The molecule has 0 bridgehead atoms. The Morgan fingerprint density at radius 1 is 1.29 bits per heavy atom. The van der Waals surface area contributed by atoms with Crippen molar-refractivity contribution >= 4 is 17.8 Å². The monoisotopic (exact) mass is 300 g/mol. The van der Waals surface area contributed by atoms with E-state index in [1.54, 1.807) is 0 Å².